The van der Waals surface area contributed by atoms with Gasteiger partial charge in [0.25, 0.3) is 0 Å². The SMILES string of the molecule is Cc1ccccc1Oc1ccccc1C(O)C#N. The second kappa shape index (κ2) is 5.35. The summed E-state index contributed by atoms with van der Waals surface area (Å²) < 4.78 is 5.75. The minimum atomic E-state index is -1.18. The highest BCUT2D eigenvalue weighted by atomic mass is 16.5. The van der Waals surface area contributed by atoms with E-state index in [4.69, 9.17) is 10.00 Å². The van der Waals surface area contributed by atoms with Crippen molar-refractivity contribution in [1.29, 1.82) is 5.26 Å². The zero-order valence-electron chi connectivity index (χ0n) is 10.00. The molecule has 0 aromatic heterocycles. The molecule has 0 spiro atoms. The maximum absolute atomic E-state index is 9.62. The average molecular weight is 239 g/mol. The molecule has 1 N–H and O–H groups in total. The first kappa shape index (κ1) is 12.2. The van der Waals surface area contributed by atoms with E-state index >= 15 is 0 Å². The van der Waals surface area contributed by atoms with E-state index in [1.165, 1.54) is 0 Å². The van der Waals surface area contributed by atoms with Crippen molar-refractivity contribution >= 4 is 0 Å². The van der Waals surface area contributed by atoms with Gasteiger partial charge in [0.05, 0.1) is 6.07 Å². The first-order valence-corrected chi connectivity index (χ1v) is 5.62. The standard InChI is InChI=1S/C15H13NO2/c1-11-6-2-4-8-14(11)18-15-9-5-3-7-12(15)13(17)10-16/h2-9,13,17H,1H3. The normalized spacial score (nSPS) is 11.6. The first-order valence-electron chi connectivity index (χ1n) is 5.62. The van der Waals surface area contributed by atoms with Crippen molar-refractivity contribution in [3.8, 4) is 17.6 Å². The Morgan fingerprint density at radius 2 is 1.67 bits per heavy atom. The number of ether oxygens (including phenoxy) is 1. The van der Waals surface area contributed by atoms with Crippen molar-refractivity contribution in [2.45, 2.75) is 13.0 Å². The average Bonchev–Trinajstić information content (AvgIpc) is 2.41. The molecule has 0 aliphatic heterocycles. The summed E-state index contributed by atoms with van der Waals surface area (Å²) in [5.74, 6) is 1.22. The van der Waals surface area contributed by atoms with E-state index in [1.807, 2.05) is 31.2 Å². The maximum atomic E-state index is 9.62. The summed E-state index contributed by atoms with van der Waals surface area (Å²) in [5, 5.41) is 18.4. The minimum absolute atomic E-state index is 0.475. The number of nitrogens with zero attached hydrogens (tertiary/aromatic N) is 1. The lowest BCUT2D eigenvalue weighted by atomic mass is 10.1. The van der Waals surface area contributed by atoms with Crippen LogP contribution >= 0.6 is 0 Å². The van der Waals surface area contributed by atoms with Gasteiger partial charge in [0.2, 0.25) is 0 Å². The number of nitriles is 1. The van der Waals surface area contributed by atoms with Crippen molar-refractivity contribution in [2.24, 2.45) is 0 Å². The molecule has 0 fully saturated rings. The van der Waals surface area contributed by atoms with Gasteiger partial charge in [0, 0.05) is 5.56 Å². The molecule has 2 aromatic carbocycles. The number of para-hydroxylation sites is 2. The van der Waals surface area contributed by atoms with Gasteiger partial charge in [-0.2, -0.15) is 5.26 Å². The lowest BCUT2D eigenvalue weighted by molar-refractivity contribution is 0.231. The van der Waals surface area contributed by atoms with Gasteiger partial charge in [-0.25, -0.2) is 0 Å². The lowest BCUT2D eigenvalue weighted by Gasteiger charge is -2.13. The summed E-state index contributed by atoms with van der Waals surface area (Å²) in [5.41, 5.74) is 1.47. The van der Waals surface area contributed by atoms with Gasteiger partial charge >= 0.3 is 0 Å². The number of aliphatic hydroxyl groups is 1. The largest absolute Gasteiger partial charge is 0.457 e. The Morgan fingerprint density at radius 1 is 1.06 bits per heavy atom. The van der Waals surface area contributed by atoms with Crippen LogP contribution in [-0.2, 0) is 0 Å². The molecular weight excluding hydrogens is 226 g/mol. The maximum Gasteiger partial charge on any atom is 0.169 e. The van der Waals surface area contributed by atoms with Gasteiger partial charge in [-0.1, -0.05) is 36.4 Å². The van der Waals surface area contributed by atoms with Gasteiger partial charge in [-0.05, 0) is 24.6 Å². The molecule has 2 rings (SSSR count). The number of aliphatic hydroxyl groups excluding tert-OH is 1. The molecule has 0 saturated carbocycles. The highest BCUT2D eigenvalue weighted by Crippen LogP contribution is 2.30. The topological polar surface area (TPSA) is 53.2 Å². The number of aryl methyl sites for hydroxylation is 1. The number of hydrogen-bond donors (Lipinski definition) is 1. The molecule has 0 saturated heterocycles. The quantitative estimate of drug-likeness (QED) is 0.836. The van der Waals surface area contributed by atoms with Crippen LogP contribution in [0.25, 0.3) is 0 Å². The molecule has 0 amide bonds. The Bertz CT molecular complexity index is 587. The molecule has 1 unspecified atom stereocenters. The van der Waals surface area contributed by atoms with Crippen LogP contribution in [0.4, 0.5) is 0 Å². The van der Waals surface area contributed by atoms with Crippen LogP contribution in [0, 0.1) is 18.3 Å². The smallest absolute Gasteiger partial charge is 0.169 e. The van der Waals surface area contributed by atoms with Crippen LogP contribution in [-0.4, -0.2) is 5.11 Å². The fourth-order valence-corrected chi connectivity index (χ4v) is 1.66. The second-order valence-corrected chi connectivity index (χ2v) is 3.94. The number of rotatable bonds is 3. The van der Waals surface area contributed by atoms with Crippen molar-refractivity contribution in [2.75, 3.05) is 0 Å². The predicted octanol–water partition coefficient (Wildman–Crippen LogP) is 3.34. The van der Waals surface area contributed by atoms with E-state index in [0.717, 1.165) is 11.3 Å². The number of hydrogen-bond acceptors (Lipinski definition) is 3. The van der Waals surface area contributed by atoms with Crippen LogP contribution in [0.1, 0.15) is 17.2 Å². The van der Waals surface area contributed by atoms with Crippen molar-refractivity contribution in [1.82, 2.24) is 0 Å². The van der Waals surface area contributed by atoms with E-state index in [1.54, 1.807) is 30.3 Å². The highest BCUT2D eigenvalue weighted by Gasteiger charge is 2.13. The Balaban J connectivity index is 2.36. The Kier molecular flexibility index (Phi) is 3.61. The minimum Gasteiger partial charge on any atom is -0.457 e. The van der Waals surface area contributed by atoms with Crippen molar-refractivity contribution in [3.05, 3.63) is 59.7 Å². The molecule has 2 aromatic rings. The Hall–Kier alpha value is -2.31. The molecule has 0 radical (unpaired) electrons. The fraction of sp³-hybridized carbons (Fsp3) is 0.133. The fourth-order valence-electron chi connectivity index (χ4n) is 1.66. The van der Waals surface area contributed by atoms with Gasteiger partial charge in [-0.15, -0.1) is 0 Å². The number of benzene rings is 2. The first-order chi connectivity index (χ1) is 8.72. The molecule has 90 valence electrons. The monoisotopic (exact) mass is 239 g/mol. The molecule has 0 aliphatic carbocycles. The molecule has 3 nitrogen and oxygen atoms in total. The van der Waals surface area contributed by atoms with Crippen LogP contribution in [0.5, 0.6) is 11.5 Å². The molecule has 3 heteroatoms. The molecule has 0 bridgehead atoms. The van der Waals surface area contributed by atoms with Gasteiger partial charge in [0.1, 0.15) is 11.5 Å². The summed E-state index contributed by atoms with van der Waals surface area (Å²) in [4.78, 5) is 0. The third kappa shape index (κ3) is 2.50. The summed E-state index contributed by atoms with van der Waals surface area (Å²) >= 11 is 0. The zero-order valence-corrected chi connectivity index (χ0v) is 10.00. The van der Waals surface area contributed by atoms with Crippen molar-refractivity contribution < 1.29 is 9.84 Å². The zero-order chi connectivity index (χ0) is 13.0. The molecule has 0 aliphatic rings. The van der Waals surface area contributed by atoms with E-state index in [2.05, 4.69) is 0 Å². The Morgan fingerprint density at radius 3 is 2.33 bits per heavy atom. The molecular formula is C15H13NO2. The van der Waals surface area contributed by atoms with E-state index in [9.17, 15) is 5.11 Å². The van der Waals surface area contributed by atoms with E-state index < -0.39 is 6.10 Å². The molecule has 0 heterocycles. The Labute approximate surface area is 106 Å². The van der Waals surface area contributed by atoms with Gasteiger partial charge in [0.15, 0.2) is 6.10 Å². The molecule has 18 heavy (non-hydrogen) atoms. The van der Waals surface area contributed by atoms with Gasteiger partial charge < -0.3 is 9.84 Å². The van der Waals surface area contributed by atoms with Crippen LogP contribution < -0.4 is 4.74 Å². The van der Waals surface area contributed by atoms with Crippen LogP contribution in [0.2, 0.25) is 0 Å². The predicted molar refractivity (Wildman–Crippen MR) is 68.3 cm³/mol. The summed E-state index contributed by atoms with van der Waals surface area (Å²) in [7, 11) is 0. The highest BCUT2D eigenvalue weighted by molar-refractivity contribution is 5.42. The van der Waals surface area contributed by atoms with Crippen LogP contribution in [0.3, 0.4) is 0 Å². The van der Waals surface area contributed by atoms with Gasteiger partial charge in [-0.3, -0.25) is 0 Å². The second-order valence-electron chi connectivity index (χ2n) is 3.94. The molecule has 1 atom stereocenters. The summed E-state index contributed by atoms with van der Waals surface area (Å²) in [6.07, 6.45) is -1.18. The van der Waals surface area contributed by atoms with Crippen LogP contribution in [0.15, 0.2) is 48.5 Å². The lowest BCUT2D eigenvalue weighted by Crippen LogP contribution is -1.98. The van der Waals surface area contributed by atoms with Crippen molar-refractivity contribution in [3.63, 3.8) is 0 Å². The third-order valence-corrected chi connectivity index (χ3v) is 2.65. The summed E-state index contributed by atoms with van der Waals surface area (Å²) in [6, 6.07) is 16.4. The van der Waals surface area contributed by atoms with E-state index in [-0.39, 0.29) is 0 Å². The third-order valence-electron chi connectivity index (χ3n) is 2.65. The van der Waals surface area contributed by atoms with E-state index in [0.29, 0.717) is 11.3 Å². The summed E-state index contributed by atoms with van der Waals surface area (Å²) in [6.45, 7) is 1.94.